The Morgan fingerprint density at radius 2 is 1.58 bits per heavy atom. The van der Waals surface area contributed by atoms with Gasteiger partial charge in [-0.2, -0.15) is 0 Å². The molecule has 118 valence electrons. The van der Waals surface area contributed by atoms with Crippen LogP contribution < -0.4 is 5.73 Å². The van der Waals surface area contributed by atoms with E-state index in [0.29, 0.717) is 6.42 Å². The molecule has 0 amide bonds. The first-order valence-corrected chi connectivity index (χ1v) is 8.16. The Kier molecular flexibility index (Phi) is 17.2. The van der Waals surface area contributed by atoms with E-state index in [1.54, 1.807) is 0 Å². The average Bonchev–Trinajstić information content (AvgIpc) is 2.44. The van der Waals surface area contributed by atoms with Gasteiger partial charge in [-0.15, -0.1) is 0 Å². The van der Waals surface area contributed by atoms with Crippen molar-refractivity contribution in [3.8, 4) is 0 Å². The van der Waals surface area contributed by atoms with Gasteiger partial charge < -0.3 is 10.6 Å². The van der Waals surface area contributed by atoms with E-state index in [4.69, 9.17) is 5.73 Å². The Bertz CT molecular complexity index is 195. The van der Waals surface area contributed by atoms with Crippen LogP contribution in [-0.4, -0.2) is 36.4 Å². The molecule has 0 radical (unpaired) electrons. The molecule has 0 aromatic carbocycles. The molecule has 2 N–H and O–H groups in total. The fourth-order valence-corrected chi connectivity index (χ4v) is 2.09. The van der Waals surface area contributed by atoms with Crippen molar-refractivity contribution in [2.75, 3.05) is 19.6 Å². The number of nitrogens with two attached hydrogens (primary N) is 1. The number of hydrogen-bond donors (Lipinski definition) is 1. The molecule has 3 nitrogen and oxygen atoms in total. The summed E-state index contributed by atoms with van der Waals surface area (Å²) in [4.78, 5) is 13.8. The molecule has 0 spiro atoms. The topological polar surface area (TPSA) is 46.3 Å². The standard InChI is InChI=1S/C14H30N2O.C2H6.H2/c1-4-10-16(11-5-2)12-8-7-9-13(15)14(17)6-3;1-2;/h13H,4-12,15H2,1-3H3;1-2H3;1H/t13-;;/m0../s1. The van der Waals surface area contributed by atoms with Crippen LogP contribution in [0.25, 0.3) is 0 Å². The van der Waals surface area contributed by atoms with Gasteiger partial charge in [0.2, 0.25) is 0 Å². The Labute approximate surface area is 122 Å². The lowest BCUT2D eigenvalue weighted by atomic mass is 10.0. The molecule has 1 atom stereocenters. The van der Waals surface area contributed by atoms with Gasteiger partial charge in [0.1, 0.15) is 5.78 Å². The maximum absolute atomic E-state index is 11.3. The van der Waals surface area contributed by atoms with Crippen molar-refractivity contribution in [1.29, 1.82) is 0 Å². The lowest BCUT2D eigenvalue weighted by molar-refractivity contribution is -0.120. The first-order chi connectivity index (χ1) is 9.15. The van der Waals surface area contributed by atoms with Gasteiger partial charge in [0.05, 0.1) is 6.04 Å². The molecule has 0 bridgehead atoms. The van der Waals surface area contributed by atoms with E-state index in [0.717, 1.165) is 25.8 Å². The maximum Gasteiger partial charge on any atom is 0.149 e. The highest BCUT2D eigenvalue weighted by Gasteiger charge is 2.10. The van der Waals surface area contributed by atoms with Crippen LogP contribution in [0, 0.1) is 0 Å². The van der Waals surface area contributed by atoms with E-state index in [1.807, 2.05) is 20.8 Å². The molecule has 0 aliphatic rings. The van der Waals surface area contributed by atoms with Gasteiger partial charge >= 0.3 is 0 Å². The smallest absolute Gasteiger partial charge is 0.149 e. The lowest BCUT2D eigenvalue weighted by Crippen LogP contribution is -2.30. The molecule has 0 aromatic heterocycles. The summed E-state index contributed by atoms with van der Waals surface area (Å²) >= 11 is 0. The molecule has 0 aliphatic carbocycles. The van der Waals surface area contributed by atoms with E-state index in [9.17, 15) is 4.79 Å². The quantitative estimate of drug-likeness (QED) is 0.582. The number of Topliss-reactive ketones (excluding diaryl/α,β-unsaturated/α-hetero) is 1. The molecule has 0 fully saturated rings. The number of nitrogens with zero attached hydrogens (tertiary/aromatic N) is 1. The number of hydrogen-bond acceptors (Lipinski definition) is 3. The van der Waals surface area contributed by atoms with Crippen molar-refractivity contribution < 1.29 is 6.22 Å². The molecule has 0 heterocycles. The summed E-state index contributed by atoms with van der Waals surface area (Å²) in [5.74, 6) is 0.198. The molecular formula is C16H38N2O. The first kappa shape index (κ1) is 20.9. The minimum absolute atomic E-state index is 0. The minimum atomic E-state index is -0.231. The number of rotatable bonds is 11. The Hall–Kier alpha value is -0.410. The second kappa shape index (κ2) is 15.6. The highest BCUT2D eigenvalue weighted by molar-refractivity contribution is 5.83. The number of carbonyl (C=O) groups is 1. The normalized spacial score (nSPS) is 11.9. The first-order valence-electron chi connectivity index (χ1n) is 8.16. The minimum Gasteiger partial charge on any atom is -0.322 e. The molecule has 0 aliphatic heterocycles. The van der Waals surface area contributed by atoms with Crippen LogP contribution in [0.5, 0.6) is 0 Å². The fourth-order valence-electron chi connectivity index (χ4n) is 2.09. The van der Waals surface area contributed by atoms with Crippen molar-refractivity contribution in [1.82, 2.24) is 4.90 Å². The zero-order chi connectivity index (χ0) is 15.1. The van der Waals surface area contributed by atoms with Crippen molar-refractivity contribution >= 4 is 5.78 Å². The van der Waals surface area contributed by atoms with Crippen molar-refractivity contribution in [3.63, 3.8) is 0 Å². The van der Waals surface area contributed by atoms with Gasteiger partial charge in [0.25, 0.3) is 0 Å². The second-order valence-electron chi connectivity index (χ2n) is 4.76. The van der Waals surface area contributed by atoms with Crippen LogP contribution in [0.1, 0.15) is 74.6 Å². The Balaban J connectivity index is -0.000000916. The van der Waals surface area contributed by atoms with Gasteiger partial charge in [-0.1, -0.05) is 41.0 Å². The van der Waals surface area contributed by atoms with Gasteiger partial charge in [-0.25, -0.2) is 0 Å². The molecule has 19 heavy (non-hydrogen) atoms. The molecule has 0 rings (SSSR count). The summed E-state index contributed by atoms with van der Waals surface area (Å²) < 4.78 is 0. The van der Waals surface area contributed by atoms with Crippen LogP contribution in [0.2, 0.25) is 0 Å². The zero-order valence-corrected chi connectivity index (χ0v) is 13.9. The van der Waals surface area contributed by atoms with Crippen LogP contribution in [0.15, 0.2) is 0 Å². The molecule has 0 aromatic rings. The summed E-state index contributed by atoms with van der Waals surface area (Å²) in [5.41, 5.74) is 5.80. The van der Waals surface area contributed by atoms with Crippen LogP contribution >= 0.6 is 0 Å². The summed E-state index contributed by atoms with van der Waals surface area (Å²) in [6.07, 6.45) is 6.07. The van der Waals surface area contributed by atoms with Crippen molar-refractivity contribution in [2.45, 2.75) is 79.2 Å². The van der Waals surface area contributed by atoms with Gasteiger partial charge in [0.15, 0.2) is 0 Å². The summed E-state index contributed by atoms with van der Waals surface area (Å²) in [5, 5.41) is 0. The monoisotopic (exact) mass is 274 g/mol. The largest absolute Gasteiger partial charge is 0.322 e. The third-order valence-corrected chi connectivity index (χ3v) is 3.08. The van der Waals surface area contributed by atoms with Gasteiger partial charge in [-0.05, 0) is 45.3 Å². The number of ketones is 1. The molecule has 0 saturated heterocycles. The summed E-state index contributed by atoms with van der Waals surface area (Å²) in [6, 6.07) is -0.231. The predicted octanol–water partition coefficient (Wildman–Crippen LogP) is 3.86. The van der Waals surface area contributed by atoms with Gasteiger partial charge in [0, 0.05) is 7.85 Å². The average molecular weight is 274 g/mol. The van der Waals surface area contributed by atoms with E-state index in [1.165, 1.54) is 25.9 Å². The maximum atomic E-state index is 11.3. The molecular weight excluding hydrogens is 236 g/mol. The number of unbranched alkanes of at least 4 members (excludes halogenated alkanes) is 1. The Morgan fingerprint density at radius 1 is 1.05 bits per heavy atom. The molecule has 3 heteroatoms. The second-order valence-corrected chi connectivity index (χ2v) is 4.76. The summed E-state index contributed by atoms with van der Waals surface area (Å²) in [6.45, 7) is 13.8. The van der Waals surface area contributed by atoms with Crippen LogP contribution in [-0.2, 0) is 4.79 Å². The number of carbonyl (C=O) groups excluding carboxylic acids is 1. The predicted molar refractivity (Wildman–Crippen MR) is 87.6 cm³/mol. The van der Waals surface area contributed by atoms with Crippen LogP contribution in [0.3, 0.4) is 0 Å². The van der Waals surface area contributed by atoms with Gasteiger partial charge in [-0.3, -0.25) is 4.79 Å². The molecule has 0 saturated carbocycles. The third-order valence-electron chi connectivity index (χ3n) is 3.08. The van der Waals surface area contributed by atoms with Crippen molar-refractivity contribution in [2.24, 2.45) is 5.73 Å². The highest BCUT2D eigenvalue weighted by Crippen LogP contribution is 2.04. The van der Waals surface area contributed by atoms with E-state index in [2.05, 4.69) is 18.7 Å². The van der Waals surface area contributed by atoms with E-state index < -0.39 is 0 Å². The molecule has 0 unspecified atom stereocenters. The van der Waals surface area contributed by atoms with Crippen molar-refractivity contribution in [3.05, 3.63) is 0 Å². The Morgan fingerprint density at radius 3 is 2.00 bits per heavy atom. The zero-order valence-electron chi connectivity index (χ0n) is 13.9. The van der Waals surface area contributed by atoms with E-state index >= 15 is 0 Å². The van der Waals surface area contributed by atoms with E-state index in [-0.39, 0.29) is 13.3 Å². The van der Waals surface area contributed by atoms with Crippen LogP contribution in [0.4, 0.5) is 0 Å². The fraction of sp³-hybridized carbons (Fsp3) is 0.938. The summed E-state index contributed by atoms with van der Waals surface area (Å²) in [7, 11) is 0. The SMILES string of the molecule is CC.CCCN(CCC)CCCC[C@H](N)C(=O)CC.[HH]. The highest BCUT2D eigenvalue weighted by atomic mass is 16.1. The third kappa shape index (κ3) is 12.4. The lowest BCUT2D eigenvalue weighted by Gasteiger charge is -2.21.